The fourth-order valence-electron chi connectivity index (χ4n) is 1.77. The lowest BCUT2D eigenvalue weighted by atomic mass is 10.2. The molecule has 1 nitrogen and oxygen atoms in total. The molecule has 1 atom stereocenters. The Morgan fingerprint density at radius 2 is 2.08 bits per heavy atom. The highest BCUT2D eigenvalue weighted by Gasteiger charge is 2.19. The van der Waals surface area contributed by atoms with E-state index in [0.717, 1.165) is 10.5 Å². The Bertz CT molecular complexity index is 260. The van der Waals surface area contributed by atoms with Crippen LogP contribution in [0.1, 0.15) is 12.0 Å². The number of benzene rings is 1. The van der Waals surface area contributed by atoms with Crippen molar-refractivity contribution < 1.29 is 0 Å². The van der Waals surface area contributed by atoms with Crippen LogP contribution in [0.15, 0.2) is 30.3 Å². The van der Waals surface area contributed by atoms with Gasteiger partial charge in [0.1, 0.15) is 0 Å². The van der Waals surface area contributed by atoms with E-state index in [9.17, 15) is 0 Å². The second-order valence-corrected chi connectivity index (χ2v) is 5.37. The minimum atomic E-state index is 0.862. The quantitative estimate of drug-likeness (QED) is 0.597. The first kappa shape index (κ1) is 9.46. The van der Waals surface area contributed by atoms with Gasteiger partial charge in [0.05, 0.1) is 0 Å². The third-order valence-electron chi connectivity index (χ3n) is 2.46. The molecule has 0 amide bonds. The van der Waals surface area contributed by atoms with E-state index in [-0.39, 0.29) is 0 Å². The Morgan fingerprint density at radius 1 is 1.31 bits per heavy atom. The van der Waals surface area contributed by atoms with Crippen LogP contribution in [-0.4, -0.2) is 21.9 Å². The molecule has 1 heterocycles. The average molecular weight is 287 g/mol. The molecule has 1 saturated heterocycles. The molecular weight excluding hydrogens is 273 g/mol. The SMILES string of the molecule is I[C@H]1CCN(Cc2ccccc2)C1. The fraction of sp³-hybridized carbons (Fsp3) is 0.455. The maximum atomic E-state index is 2.55. The maximum absolute atomic E-state index is 2.55. The van der Waals surface area contributed by atoms with Crippen molar-refractivity contribution in [2.45, 2.75) is 16.9 Å². The summed E-state index contributed by atoms with van der Waals surface area (Å²) in [6.45, 7) is 3.65. The second-order valence-electron chi connectivity index (χ2n) is 3.61. The summed E-state index contributed by atoms with van der Waals surface area (Å²) in [6.07, 6.45) is 1.35. The normalized spacial score (nSPS) is 23.6. The first-order valence-corrected chi connectivity index (χ1v) is 5.99. The van der Waals surface area contributed by atoms with Crippen molar-refractivity contribution in [3.8, 4) is 0 Å². The standard InChI is InChI=1S/C11H14IN/c12-11-6-7-13(9-11)8-10-4-2-1-3-5-10/h1-5,11H,6-9H2/t11-/m0/s1. The van der Waals surface area contributed by atoms with E-state index in [4.69, 9.17) is 0 Å². The van der Waals surface area contributed by atoms with Crippen molar-refractivity contribution in [2.24, 2.45) is 0 Å². The number of halogens is 1. The zero-order chi connectivity index (χ0) is 9.10. The minimum absolute atomic E-state index is 0.862. The first-order chi connectivity index (χ1) is 6.34. The lowest BCUT2D eigenvalue weighted by Crippen LogP contribution is -2.19. The van der Waals surface area contributed by atoms with Gasteiger partial charge in [-0.2, -0.15) is 0 Å². The third-order valence-corrected chi connectivity index (χ3v) is 3.48. The highest BCUT2D eigenvalue weighted by atomic mass is 127. The zero-order valence-electron chi connectivity index (χ0n) is 7.62. The third kappa shape index (κ3) is 2.68. The van der Waals surface area contributed by atoms with Crippen LogP contribution in [-0.2, 0) is 6.54 Å². The molecule has 1 fully saturated rings. The Kier molecular flexibility index (Phi) is 3.22. The molecule has 1 aromatic rings. The number of alkyl halides is 1. The summed E-state index contributed by atoms with van der Waals surface area (Å²) in [5.74, 6) is 0. The van der Waals surface area contributed by atoms with Gasteiger partial charge in [-0.1, -0.05) is 52.9 Å². The first-order valence-electron chi connectivity index (χ1n) is 4.75. The molecule has 2 rings (SSSR count). The van der Waals surface area contributed by atoms with E-state index in [2.05, 4.69) is 57.8 Å². The summed E-state index contributed by atoms with van der Waals surface area (Å²) >= 11 is 2.55. The van der Waals surface area contributed by atoms with E-state index < -0.39 is 0 Å². The van der Waals surface area contributed by atoms with Crippen molar-refractivity contribution in [2.75, 3.05) is 13.1 Å². The van der Waals surface area contributed by atoms with E-state index in [1.54, 1.807) is 0 Å². The van der Waals surface area contributed by atoms with Gasteiger partial charge in [-0.25, -0.2) is 0 Å². The second kappa shape index (κ2) is 4.42. The number of hydrogen-bond acceptors (Lipinski definition) is 1. The Hall–Kier alpha value is -0.0900. The largest absolute Gasteiger partial charge is 0.298 e. The summed E-state index contributed by atoms with van der Waals surface area (Å²) < 4.78 is 0.862. The van der Waals surface area contributed by atoms with Crippen LogP contribution in [0.5, 0.6) is 0 Å². The molecule has 0 spiro atoms. The van der Waals surface area contributed by atoms with Crippen molar-refractivity contribution in [1.82, 2.24) is 4.90 Å². The lowest BCUT2D eigenvalue weighted by molar-refractivity contribution is 0.333. The highest BCUT2D eigenvalue weighted by Crippen LogP contribution is 2.18. The van der Waals surface area contributed by atoms with Gasteiger partial charge in [0.2, 0.25) is 0 Å². The van der Waals surface area contributed by atoms with Crippen molar-refractivity contribution >= 4 is 22.6 Å². The summed E-state index contributed by atoms with van der Waals surface area (Å²) in [4.78, 5) is 2.53. The summed E-state index contributed by atoms with van der Waals surface area (Å²) in [6, 6.07) is 10.7. The molecule has 2 heteroatoms. The number of likely N-dealkylation sites (tertiary alicyclic amines) is 1. The zero-order valence-corrected chi connectivity index (χ0v) is 9.78. The predicted molar refractivity (Wildman–Crippen MR) is 64.1 cm³/mol. The molecule has 0 aromatic heterocycles. The van der Waals surface area contributed by atoms with Gasteiger partial charge in [0.25, 0.3) is 0 Å². The molecule has 0 saturated carbocycles. The molecule has 1 aromatic carbocycles. The van der Waals surface area contributed by atoms with Crippen LogP contribution >= 0.6 is 22.6 Å². The van der Waals surface area contributed by atoms with Crippen LogP contribution in [0.25, 0.3) is 0 Å². The van der Waals surface area contributed by atoms with Gasteiger partial charge in [0.15, 0.2) is 0 Å². The Balaban J connectivity index is 1.92. The van der Waals surface area contributed by atoms with Crippen LogP contribution in [0.2, 0.25) is 0 Å². The number of nitrogens with zero attached hydrogens (tertiary/aromatic N) is 1. The minimum Gasteiger partial charge on any atom is -0.298 e. The fourth-order valence-corrected chi connectivity index (χ4v) is 2.61. The van der Waals surface area contributed by atoms with Crippen LogP contribution in [0.4, 0.5) is 0 Å². The van der Waals surface area contributed by atoms with Gasteiger partial charge < -0.3 is 0 Å². The average Bonchev–Trinajstić information content (AvgIpc) is 2.53. The van der Waals surface area contributed by atoms with E-state index in [1.807, 2.05) is 0 Å². The van der Waals surface area contributed by atoms with Gasteiger partial charge in [-0.05, 0) is 18.5 Å². The molecule has 0 unspecified atom stereocenters. The van der Waals surface area contributed by atoms with E-state index >= 15 is 0 Å². The lowest BCUT2D eigenvalue weighted by Gasteiger charge is -2.14. The topological polar surface area (TPSA) is 3.24 Å². The summed E-state index contributed by atoms with van der Waals surface area (Å²) in [5.41, 5.74) is 1.44. The smallest absolute Gasteiger partial charge is 0.0249 e. The van der Waals surface area contributed by atoms with Crippen LogP contribution < -0.4 is 0 Å². The molecule has 0 radical (unpaired) electrons. The van der Waals surface area contributed by atoms with Gasteiger partial charge >= 0.3 is 0 Å². The van der Waals surface area contributed by atoms with Crippen molar-refractivity contribution in [1.29, 1.82) is 0 Å². The molecular formula is C11H14IN. The molecule has 1 aliphatic heterocycles. The summed E-state index contributed by atoms with van der Waals surface area (Å²) in [7, 11) is 0. The van der Waals surface area contributed by atoms with Gasteiger partial charge in [0, 0.05) is 17.0 Å². The monoisotopic (exact) mass is 287 g/mol. The van der Waals surface area contributed by atoms with Crippen LogP contribution in [0, 0.1) is 0 Å². The van der Waals surface area contributed by atoms with Gasteiger partial charge in [-0.15, -0.1) is 0 Å². The van der Waals surface area contributed by atoms with Gasteiger partial charge in [-0.3, -0.25) is 4.90 Å². The molecule has 70 valence electrons. The molecule has 0 N–H and O–H groups in total. The van der Waals surface area contributed by atoms with Crippen LogP contribution in [0.3, 0.4) is 0 Å². The Labute approximate surface area is 93.3 Å². The Morgan fingerprint density at radius 3 is 2.69 bits per heavy atom. The molecule has 0 bridgehead atoms. The maximum Gasteiger partial charge on any atom is 0.0249 e. The highest BCUT2D eigenvalue weighted by molar-refractivity contribution is 14.1. The molecule has 0 aliphatic carbocycles. The predicted octanol–water partition coefficient (Wildman–Crippen LogP) is 2.70. The number of hydrogen-bond donors (Lipinski definition) is 0. The summed E-state index contributed by atoms with van der Waals surface area (Å²) in [5, 5.41) is 0. The molecule has 13 heavy (non-hydrogen) atoms. The van der Waals surface area contributed by atoms with E-state index in [0.29, 0.717) is 0 Å². The van der Waals surface area contributed by atoms with Crippen molar-refractivity contribution in [3.05, 3.63) is 35.9 Å². The van der Waals surface area contributed by atoms with Crippen molar-refractivity contribution in [3.63, 3.8) is 0 Å². The number of rotatable bonds is 2. The molecule has 1 aliphatic rings. The van der Waals surface area contributed by atoms with E-state index in [1.165, 1.54) is 25.1 Å².